The molecule has 270 valence electrons. The van der Waals surface area contributed by atoms with Crippen molar-refractivity contribution < 1.29 is 18.3 Å². The van der Waals surface area contributed by atoms with Gasteiger partial charge in [0.25, 0.3) is 0 Å². The second-order valence-electron chi connectivity index (χ2n) is 18.7. The third-order valence-electron chi connectivity index (χ3n) is 16.4. The Morgan fingerprint density at radius 2 is 1.63 bits per heavy atom. The summed E-state index contributed by atoms with van der Waals surface area (Å²) in [6.45, 7) is 23.0. The van der Waals surface area contributed by atoms with Crippen molar-refractivity contribution in [3.8, 4) is 0 Å². The summed E-state index contributed by atoms with van der Waals surface area (Å²) in [4.78, 5) is 13.9. The number of aromatic carboxylic acids is 1. The third kappa shape index (κ3) is 5.45. The van der Waals surface area contributed by atoms with E-state index in [1.807, 2.05) is 12.1 Å². The molecule has 1 aromatic carbocycles. The second kappa shape index (κ2) is 12.0. The van der Waals surface area contributed by atoms with E-state index in [0.29, 0.717) is 59.7 Å². The fourth-order valence-electron chi connectivity index (χ4n) is 13.8. The van der Waals surface area contributed by atoms with E-state index < -0.39 is 15.8 Å². The maximum Gasteiger partial charge on any atom is 0.335 e. The van der Waals surface area contributed by atoms with E-state index in [2.05, 4.69) is 64.4 Å². The molecule has 1 aliphatic heterocycles. The molecule has 7 heteroatoms. The van der Waals surface area contributed by atoms with Crippen molar-refractivity contribution in [2.75, 3.05) is 37.7 Å². The summed E-state index contributed by atoms with van der Waals surface area (Å²) in [5.41, 5.74) is 5.23. The Hall–Kier alpha value is -1.96. The smallest absolute Gasteiger partial charge is 0.335 e. The van der Waals surface area contributed by atoms with Crippen molar-refractivity contribution in [2.45, 2.75) is 105 Å². The lowest BCUT2D eigenvalue weighted by molar-refractivity contribution is -0.219. The predicted molar refractivity (Wildman–Crippen MR) is 199 cm³/mol. The Bertz CT molecular complexity index is 1620. The van der Waals surface area contributed by atoms with E-state index in [4.69, 9.17) is 0 Å². The summed E-state index contributed by atoms with van der Waals surface area (Å²) < 4.78 is 24.0. The largest absolute Gasteiger partial charge is 0.478 e. The maximum atomic E-state index is 12.0. The molecule has 5 fully saturated rings. The Morgan fingerprint density at radius 3 is 2.29 bits per heavy atom. The molecule has 7 rings (SSSR count). The van der Waals surface area contributed by atoms with Gasteiger partial charge >= 0.3 is 5.97 Å². The molecule has 0 unspecified atom stereocenters. The minimum Gasteiger partial charge on any atom is -0.478 e. The molecule has 0 amide bonds. The van der Waals surface area contributed by atoms with Crippen LogP contribution >= 0.6 is 0 Å². The lowest BCUT2D eigenvalue weighted by Crippen LogP contribution is -2.68. The number of rotatable bonds is 7. The topological polar surface area (TPSA) is 86.7 Å². The van der Waals surface area contributed by atoms with Crippen molar-refractivity contribution in [3.63, 3.8) is 0 Å². The summed E-state index contributed by atoms with van der Waals surface area (Å²) in [6, 6.07) is 7.58. The SMILES string of the molecule is C=C(C)[C@@H]1CC[C@]2(NCCN3CCS(=O)(=O)CC3)CC[C@]3(C)[C@H](CC[C@@H]4[C@@]5(C)CC=C(c6ccc([14C](=O)O)cc6)C(C)(C)[C@@H]5CC[C@]43C)[C@@H]12. The lowest BCUT2D eigenvalue weighted by atomic mass is 9.33. The number of hydrogen-bond acceptors (Lipinski definition) is 5. The molecule has 1 heterocycles. The van der Waals surface area contributed by atoms with Gasteiger partial charge in [0, 0.05) is 31.7 Å². The van der Waals surface area contributed by atoms with Gasteiger partial charge in [0.2, 0.25) is 0 Å². The van der Waals surface area contributed by atoms with Gasteiger partial charge in [-0.05, 0) is 139 Å². The number of benzene rings is 1. The van der Waals surface area contributed by atoms with Crippen LogP contribution in [0.25, 0.3) is 5.57 Å². The molecule has 5 aliphatic carbocycles. The van der Waals surface area contributed by atoms with Crippen molar-refractivity contribution in [2.24, 2.45) is 51.2 Å². The highest BCUT2D eigenvalue weighted by molar-refractivity contribution is 7.91. The van der Waals surface area contributed by atoms with Gasteiger partial charge in [-0.1, -0.05) is 65.0 Å². The minimum absolute atomic E-state index is 0.0114. The molecular formula is C42H62N2O4S. The Labute approximate surface area is 296 Å². The Morgan fingerprint density at radius 1 is 0.939 bits per heavy atom. The maximum absolute atomic E-state index is 12.0. The zero-order valence-corrected chi connectivity index (χ0v) is 31.9. The molecule has 6 aliphatic rings. The van der Waals surface area contributed by atoms with Crippen LogP contribution in [0.15, 0.2) is 42.5 Å². The van der Waals surface area contributed by atoms with Gasteiger partial charge in [0.15, 0.2) is 9.84 Å². The van der Waals surface area contributed by atoms with E-state index in [1.54, 1.807) is 12.1 Å². The lowest BCUT2D eigenvalue weighted by Gasteiger charge is -2.72. The van der Waals surface area contributed by atoms with Gasteiger partial charge in [-0.2, -0.15) is 0 Å². The van der Waals surface area contributed by atoms with Crippen LogP contribution < -0.4 is 5.32 Å². The number of carbonyl (C=O) groups is 1. The van der Waals surface area contributed by atoms with Crippen LogP contribution in [0, 0.1) is 51.2 Å². The molecule has 1 aromatic rings. The quantitative estimate of drug-likeness (QED) is 0.281. The average Bonchev–Trinajstić information content (AvgIpc) is 3.42. The van der Waals surface area contributed by atoms with E-state index in [0.717, 1.165) is 19.5 Å². The summed E-state index contributed by atoms with van der Waals surface area (Å²) in [6.07, 6.45) is 13.7. The number of sulfone groups is 1. The molecule has 0 aromatic heterocycles. The number of carboxylic acid groups (broad SMARTS) is 1. The monoisotopic (exact) mass is 692 g/mol. The van der Waals surface area contributed by atoms with Crippen molar-refractivity contribution in [1.82, 2.24) is 10.2 Å². The third-order valence-corrected chi connectivity index (χ3v) is 18.0. The van der Waals surface area contributed by atoms with Crippen LogP contribution in [0.3, 0.4) is 0 Å². The molecule has 1 saturated heterocycles. The minimum atomic E-state index is -2.86. The first-order chi connectivity index (χ1) is 23.0. The fourth-order valence-corrected chi connectivity index (χ4v) is 15.1. The number of allylic oxidation sites excluding steroid dienone is 3. The molecule has 6 nitrogen and oxygen atoms in total. The van der Waals surface area contributed by atoms with Crippen molar-refractivity contribution >= 4 is 21.4 Å². The van der Waals surface area contributed by atoms with Crippen LogP contribution in [0.4, 0.5) is 0 Å². The van der Waals surface area contributed by atoms with Crippen LogP contribution in [0.2, 0.25) is 0 Å². The molecule has 2 N–H and O–H groups in total. The molecular weight excluding hydrogens is 631 g/mol. The van der Waals surface area contributed by atoms with E-state index >= 15 is 0 Å². The number of nitrogens with one attached hydrogen (secondary N) is 1. The van der Waals surface area contributed by atoms with Crippen LogP contribution in [0.5, 0.6) is 0 Å². The normalized spacial score (nSPS) is 42.6. The number of carboxylic acids is 1. The number of nitrogens with zero attached hydrogens (tertiary/aromatic N) is 1. The van der Waals surface area contributed by atoms with Crippen LogP contribution in [-0.2, 0) is 9.84 Å². The average molecular weight is 693 g/mol. The van der Waals surface area contributed by atoms with Gasteiger partial charge in [-0.3, -0.25) is 0 Å². The molecule has 49 heavy (non-hydrogen) atoms. The van der Waals surface area contributed by atoms with E-state index in [-0.39, 0.29) is 27.2 Å². The number of hydrogen-bond donors (Lipinski definition) is 2. The van der Waals surface area contributed by atoms with Crippen LogP contribution in [0.1, 0.15) is 115 Å². The zero-order valence-electron chi connectivity index (χ0n) is 31.1. The highest BCUT2D eigenvalue weighted by atomic mass is 32.2. The van der Waals surface area contributed by atoms with Gasteiger partial charge in [-0.15, -0.1) is 0 Å². The number of fused-ring (bicyclic) bond motifs is 7. The Balaban J connectivity index is 1.15. The van der Waals surface area contributed by atoms with Crippen LogP contribution in [-0.4, -0.2) is 67.6 Å². The summed E-state index contributed by atoms with van der Waals surface area (Å²) in [5, 5.41) is 13.7. The molecule has 0 radical (unpaired) electrons. The van der Waals surface area contributed by atoms with Gasteiger partial charge in [0.05, 0.1) is 17.1 Å². The second-order valence-corrected chi connectivity index (χ2v) is 21.0. The molecule has 9 atom stereocenters. The molecule has 0 bridgehead atoms. The first-order valence-corrected chi connectivity index (χ1v) is 21.2. The van der Waals surface area contributed by atoms with Gasteiger partial charge in [-0.25, -0.2) is 13.2 Å². The standard InChI is InChI=1S/C42H62N2O4S/c1-28(2)31-14-19-42(43-22-23-44-24-26-49(47,48)27-25-44)21-20-40(6)33(36(31)42)12-13-35-39(5)17-15-32(29-8-10-30(11-9-29)37(45)46)38(3,4)34(39)16-18-41(35,40)7/h8-11,15,31,33-36,43H,1,12-14,16-27H2,2-7H3,(H,45,46)/t31-,33+,34-,35+,36+,39-,40+,41+,42-/m0/s1/i37+2. The Kier molecular flexibility index (Phi) is 8.72. The highest BCUT2D eigenvalue weighted by Gasteiger charge is 2.70. The van der Waals surface area contributed by atoms with Gasteiger partial charge < -0.3 is 15.3 Å². The van der Waals surface area contributed by atoms with E-state index in [1.165, 1.54) is 68.1 Å². The van der Waals surface area contributed by atoms with Crippen molar-refractivity contribution in [3.05, 3.63) is 53.6 Å². The predicted octanol–water partition coefficient (Wildman–Crippen LogP) is 8.11. The zero-order chi connectivity index (χ0) is 35.2. The fraction of sp³-hybridized carbons (Fsp3) is 0.738. The summed E-state index contributed by atoms with van der Waals surface area (Å²) in [5.74, 6) is 2.83. The molecule has 0 spiro atoms. The first-order valence-electron chi connectivity index (χ1n) is 19.4. The first kappa shape index (κ1) is 35.4. The highest BCUT2D eigenvalue weighted by Crippen LogP contribution is 2.76. The summed E-state index contributed by atoms with van der Waals surface area (Å²) in [7, 11) is -2.86. The van der Waals surface area contributed by atoms with Crippen molar-refractivity contribution in [1.29, 1.82) is 0 Å². The van der Waals surface area contributed by atoms with E-state index in [9.17, 15) is 18.3 Å². The summed E-state index contributed by atoms with van der Waals surface area (Å²) >= 11 is 0. The molecule has 4 saturated carbocycles. The van der Waals surface area contributed by atoms with Gasteiger partial charge in [0.1, 0.15) is 0 Å².